The summed E-state index contributed by atoms with van der Waals surface area (Å²) < 4.78 is 34.8. The van der Waals surface area contributed by atoms with Gasteiger partial charge in [0.25, 0.3) is 0 Å². The van der Waals surface area contributed by atoms with Crippen molar-refractivity contribution in [3.05, 3.63) is 53.4 Å². The molecule has 28 heavy (non-hydrogen) atoms. The molecule has 2 aromatic rings. The van der Waals surface area contributed by atoms with Crippen molar-refractivity contribution in [3.8, 4) is 0 Å². The second-order valence-electron chi connectivity index (χ2n) is 7.01. The molecular formula is C20H27F2N5O. The van der Waals surface area contributed by atoms with Gasteiger partial charge < -0.3 is 15.0 Å². The topological polar surface area (TPSA) is 54.7 Å². The molecule has 0 saturated carbocycles. The van der Waals surface area contributed by atoms with Crippen molar-refractivity contribution in [1.29, 1.82) is 0 Å². The number of benzene rings is 1. The van der Waals surface area contributed by atoms with Crippen LogP contribution < -0.4 is 5.32 Å². The van der Waals surface area contributed by atoms with Crippen LogP contribution in [-0.4, -0.2) is 53.4 Å². The maximum atomic E-state index is 14.0. The highest BCUT2D eigenvalue weighted by molar-refractivity contribution is 5.80. The molecular weight excluding hydrogens is 364 g/mol. The van der Waals surface area contributed by atoms with Crippen molar-refractivity contribution in [3.63, 3.8) is 0 Å². The molecule has 0 spiro atoms. The number of ether oxygens (including phenoxy) is 1. The van der Waals surface area contributed by atoms with Gasteiger partial charge in [-0.15, -0.1) is 0 Å². The highest BCUT2D eigenvalue weighted by atomic mass is 19.1. The standard InChI is InChI=1S/C20H27F2N5O/c1-4-23-20(24-10-14(2)17-6-5-16(21)9-18(17)22)27-7-8-28-19(13-27)15-11-25-26(3)12-15/h5-6,9,11-12,14,19H,4,7-8,10,13H2,1-3H3,(H,23,24). The van der Waals surface area contributed by atoms with Crippen LogP contribution >= 0.6 is 0 Å². The third kappa shape index (κ3) is 4.86. The minimum absolute atomic E-state index is 0.0710. The van der Waals surface area contributed by atoms with E-state index in [0.29, 0.717) is 25.3 Å². The van der Waals surface area contributed by atoms with Crippen LogP contribution in [0.15, 0.2) is 35.6 Å². The Morgan fingerprint density at radius 1 is 1.43 bits per heavy atom. The van der Waals surface area contributed by atoms with Crippen LogP contribution in [0, 0.1) is 11.6 Å². The van der Waals surface area contributed by atoms with E-state index < -0.39 is 11.6 Å². The Morgan fingerprint density at radius 2 is 2.25 bits per heavy atom. The van der Waals surface area contributed by atoms with Gasteiger partial charge in [-0.2, -0.15) is 5.10 Å². The molecule has 1 fully saturated rings. The number of aryl methyl sites for hydroxylation is 1. The fraction of sp³-hybridized carbons (Fsp3) is 0.500. The summed E-state index contributed by atoms with van der Waals surface area (Å²) in [5.74, 6) is -0.491. The fourth-order valence-electron chi connectivity index (χ4n) is 3.30. The molecule has 152 valence electrons. The Bertz CT molecular complexity index is 823. The normalized spacial score (nSPS) is 19.0. The van der Waals surface area contributed by atoms with Crippen molar-refractivity contribution >= 4 is 5.96 Å². The monoisotopic (exact) mass is 391 g/mol. The summed E-state index contributed by atoms with van der Waals surface area (Å²) >= 11 is 0. The van der Waals surface area contributed by atoms with Gasteiger partial charge in [-0.1, -0.05) is 13.0 Å². The van der Waals surface area contributed by atoms with E-state index in [-0.39, 0.29) is 12.0 Å². The quantitative estimate of drug-likeness (QED) is 0.629. The number of morpholine rings is 1. The van der Waals surface area contributed by atoms with Gasteiger partial charge in [0.1, 0.15) is 17.7 Å². The third-order valence-corrected chi connectivity index (χ3v) is 4.81. The van der Waals surface area contributed by atoms with Crippen molar-refractivity contribution in [2.45, 2.75) is 25.9 Å². The molecule has 1 saturated heterocycles. The van der Waals surface area contributed by atoms with Crippen LogP contribution in [0.2, 0.25) is 0 Å². The molecule has 1 aliphatic heterocycles. The SMILES string of the molecule is CCNC(=NCC(C)c1ccc(F)cc1F)N1CCOC(c2cnn(C)c2)C1. The molecule has 2 unspecified atom stereocenters. The van der Waals surface area contributed by atoms with Crippen molar-refractivity contribution in [1.82, 2.24) is 20.0 Å². The van der Waals surface area contributed by atoms with Gasteiger partial charge >= 0.3 is 0 Å². The maximum Gasteiger partial charge on any atom is 0.194 e. The van der Waals surface area contributed by atoms with E-state index in [1.54, 1.807) is 4.68 Å². The van der Waals surface area contributed by atoms with E-state index in [2.05, 4.69) is 15.3 Å². The highest BCUT2D eigenvalue weighted by Crippen LogP contribution is 2.23. The van der Waals surface area contributed by atoms with Gasteiger partial charge in [0.05, 0.1) is 19.3 Å². The summed E-state index contributed by atoms with van der Waals surface area (Å²) in [7, 11) is 1.88. The minimum Gasteiger partial charge on any atom is -0.370 e. The number of hydrogen-bond acceptors (Lipinski definition) is 3. The van der Waals surface area contributed by atoms with Gasteiger partial charge in [-0.3, -0.25) is 9.67 Å². The van der Waals surface area contributed by atoms with Crippen molar-refractivity contribution in [2.75, 3.05) is 32.8 Å². The Labute approximate surface area is 164 Å². The molecule has 8 heteroatoms. The summed E-state index contributed by atoms with van der Waals surface area (Å²) in [6, 6.07) is 3.69. The second kappa shape index (κ2) is 9.14. The van der Waals surface area contributed by atoms with Crippen LogP contribution in [0.4, 0.5) is 8.78 Å². The first-order chi connectivity index (χ1) is 13.5. The number of nitrogens with zero attached hydrogens (tertiary/aromatic N) is 4. The van der Waals surface area contributed by atoms with Gasteiger partial charge in [0.2, 0.25) is 0 Å². The van der Waals surface area contributed by atoms with Crippen LogP contribution in [0.3, 0.4) is 0 Å². The molecule has 6 nitrogen and oxygen atoms in total. The van der Waals surface area contributed by atoms with Gasteiger partial charge in [-0.05, 0) is 18.6 Å². The van der Waals surface area contributed by atoms with Crippen LogP contribution in [-0.2, 0) is 11.8 Å². The molecule has 1 aromatic carbocycles. The van der Waals surface area contributed by atoms with Gasteiger partial charge in [0.15, 0.2) is 5.96 Å². The lowest BCUT2D eigenvalue weighted by atomic mass is 10.0. The van der Waals surface area contributed by atoms with Gasteiger partial charge in [0, 0.05) is 50.4 Å². The first kappa shape index (κ1) is 20.3. The predicted molar refractivity (Wildman–Crippen MR) is 104 cm³/mol. The second-order valence-corrected chi connectivity index (χ2v) is 7.01. The van der Waals surface area contributed by atoms with E-state index >= 15 is 0 Å². The lowest BCUT2D eigenvalue weighted by Crippen LogP contribution is -2.48. The lowest BCUT2D eigenvalue weighted by molar-refractivity contribution is -0.00804. The molecule has 2 heterocycles. The Kier molecular flexibility index (Phi) is 6.61. The highest BCUT2D eigenvalue weighted by Gasteiger charge is 2.25. The number of rotatable bonds is 5. The average molecular weight is 391 g/mol. The number of nitrogens with one attached hydrogen (secondary N) is 1. The van der Waals surface area contributed by atoms with Gasteiger partial charge in [-0.25, -0.2) is 8.78 Å². The van der Waals surface area contributed by atoms with Crippen molar-refractivity contribution in [2.24, 2.45) is 12.0 Å². The van der Waals surface area contributed by atoms with E-state index in [0.717, 1.165) is 30.7 Å². The Hall–Kier alpha value is -2.48. The first-order valence-electron chi connectivity index (χ1n) is 9.56. The molecule has 1 aromatic heterocycles. The number of hydrogen-bond donors (Lipinski definition) is 1. The van der Waals surface area contributed by atoms with Crippen LogP contribution in [0.5, 0.6) is 0 Å². The van der Waals surface area contributed by atoms with E-state index in [4.69, 9.17) is 9.73 Å². The lowest BCUT2D eigenvalue weighted by Gasteiger charge is -2.35. The Balaban J connectivity index is 1.70. The van der Waals surface area contributed by atoms with E-state index in [1.807, 2.05) is 33.3 Å². The summed E-state index contributed by atoms with van der Waals surface area (Å²) in [6.07, 6.45) is 3.70. The molecule has 2 atom stereocenters. The zero-order valence-corrected chi connectivity index (χ0v) is 16.5. The van der Waals surface area contributed by atoms with E-state index in [9.17, 15) is 8.78 Å². The fourth-order valence-corrected chi connectivity index (χ4v) is 3.30. The summed E-state index contributed by atoms with van der Waals surface area (Å²) in [5, 5.41) is 7.52. The predicted octanol–water partition coefficient (Wildman–Crippen LogP) is 2.84. The minimum atomic E-state index is -0.569. The summed E-state index contributed by atoms with van der Waals surface area (Å²) in [6.45, 7) is 7.01. The third-order valence-electron chi connectivity index (χ3n) is 4.81. The zero-order chi connectivity index (χ0) is 20.1. The number of aromatic nitrogens is 2. The largest absolute Gasteiger partial charge is 0.370 e. The molecule has 1 aliphatic rings. The number of halogens is 2. The maximum absolute atomic E-state index is 14.0. The molecule has 0 radical (unpaired) electrons. The van der Waals surface area contributed by atoms with E-state index in [1.165, 1.54) is 12.1 Å². The Morgan fingerprint density at radius 3 is 2.93 bits per heavy atom. The van der Waals surface area contributed by atoms with Crippen molar-refractivity contribution < 1.29 is 13.5 Å². The molecule has 1 N–H and O–H groups in total. The molecule has 0 bridgehead atoms. The summed E-state index contributed by atoms with van der Waals surface area (Å²) in [4.78, 5) is 6.86. The first-order valence-corrected chi connectivity index (χ1v) is 9.56. The number of aliphatic imine (C=N–C) groups is 1. The number of guanidine groups is 1. The summed E-state index contributed by atoms with van der Waals surface area (Å²) in [5.41, 5.74) is 1.50. The molecule has 0 aliphatic carbocycles. The molecule has 3 rings (SSSR count). The molecule has 0 amide bonds. The zero-order valence-electron chi connectivity index (χ0n) is 16.5. The van der Waals surface area contributed by atoms with Crippen LogP contribution in [0.1, 0.15) is 37.0 Å². The average Bonchev–Trinajstić information content (AvgIpc) is 3.11. The smallest absolute Gasteiger partial charge is 0.194 e. The van der Waals surface area contributed by atoms with Crippen LogP contribution in [0.25, 0.3) is 0 Å².